The van der Waals surface area contributed by atoms with Crippen LogP contribution >= 0.6 is 11.8 Å². The van der Waals surface area contributed by atoms with Gasteiger partial charge in [0, 0.05) is 12.2 Å². The van der Waals surface area contributed by atoms with Gasteiger partial charge in [0.25, 0.3) is 0 Å². The maximum absolute atomic E-state index is 12.2. The molecule has 142 valence electrons. The first-order valence-electron chi connectivity index (χ1n) is 7.90. The van der Waals surface area contributed by atoms with E-state index in [1.807, 2.05) is 6.92 Å². The zero-order valence-electron chi connectivity index (χ0n) is 14.7. The summed E-state index contributed by atoms with van der Waals surface area (Å²) in [5, 5.41) is 9.36. The molecule has 26 heavy (non-hydrogen) atoms. The lowest BCUT2D eigenvalue weighted by atomic mass is 10.2. The lowest BCUT2D eigenvalue weighted by Gasteiger charge is -2.10. The number of carbonyl (C=O) groups is 1. The molecule has 2 rings (SSSR count). The van der Waals surface area contributed by atoms with E-state index in [0.717, 1.165) is 18.2 Å². The van der Waals surface area contributed by atoms with Crippen LogP contribution in [0.2, 0.25) is 0 Å². The highest BCUT2D eigenvalue weighted by atomic mass is 32.2. The van der Waals surface area contributed by atoms with Crippen LogP contribution in [-0.2, 0) is 21.4 Å². The fourth-order valence-corrected chi connectivity index (χ4v) is 4.01. The van der Waals surface area contributed by atoms with Crippen molar-refractivity contribution in [2.45, 2.75) is 36.9 Å². The lowest BCUT2D eigenvalue weighted by molar-refractivity contribution is -0.113. The molecular weight excluding hydrogens is 378 g/mol. The monoisotopic (exact) mass is 399 g/mol. The van der Waals surface area contributed by atoms with E-state index in [4.69, 9.17) is 0 Å². The Morgan fingerprint density at radius 2 is 2.12 bits per heavy atom. The second kappa shape index (κ2) is 8.52. The Labute approximate surface area is 155 Å². The van der Waals surface area contributed by atoms with Crippen molar-refractivity contribution in [3.05, 3.63) is 34.2 Å². The van der Waals surface area contributed by atoms with Crippen molar-refractivity contribution in [2.24, 2.45) is 0 Å². The van der Waals surface area contributed by atoms with Crippen molar-refractivity contribution in [3.63, 3.8) is 0 Å². The Morgan fingerprint density at radius 1 is 1.38 bits per heavy atom. The van der Waals surface area contributed by atoms with Gasteiger partial charge in [0.2, 0.25) is 15.9 Å². The van der Waals surface area contributed by atoms with Crippen LogP contribution in [-0.4, -0.2) is 41.9 Å². The van der Waals surface area contributed by atoms with Crippen molar-refractivity contribution >= 4 is 33.4 Å². The minimum absolute atomic E-state index is 0.0377. The van der Waals surface area contributed by atoms with Gasteiger partial charge in [-0.25, -0.2) is 23.0 Å². The lowest BCUT2D eigenvalue weighted by Crippen LogP contribution is -2.21. The molecule has 0 spiro atoms. The number of rotatable bonds is 8. The van der Waals surface area contributed by atoms with Crippen LogP contribution in [0.15, 0.2) is 33.0 Å². The summed E-state index contributed by atoms with van der Waals surface area (Å²) in [6, 6.07) is 4.67. The highest BCUT2D eigenvalue weighted by molar-refractivity contribution is 7.99. The van der Waals surface area contributed by atoms with E-state index in [0.29, 0.717) is 23.0 Å². The Kier molecular flexibility index (Phi) is 6.62. The molecule has 1 aromatic carbocycles. The standard InChI is InChI=1S/C15H21N5O4S2/c1-4-7-20-14(22)18-19-15(20)25-9-13(21)17-11-6-5-10(2)12(8-11)26(23,24)16-3/h5-6,8,16H,4,7,9H2,1-3H3,(H,17,21)(H,18,22). The van der Waals surface area contributed by atoms with Crippen molar-refractivity contribution in [3.8, 4) is 0 Å². The smallest absolute Gasteiger partial charge is 0.325 e. The zero-order valence-corrected chi connectivity index (χ0v) is 16.3. The predicted octanol–water partition coefficient (Wildman–Crippen LogP) is 0.929. The number of carbonyl (C=O) groups excluding carboxylic acids is 1. The highest BCUT2D eigenvalue weighted by Gasteiger charge is 2.16. The fourth-order valence-electron chi connectivity index (χ4n) is 2.24. The number of anilines is 1. The van der Waals surface area contributed by atoms with E-state index >= 15 is 0 Å². The molecule has 11 heteroatoms. The maximum atomic E-state index is 12.2. The van der Waals surface area contributed by atoms with Gasteiger partial charge in [-0.2, -0.15) is 0 Å². The van der Waals surface area contributed by atoms with Crippen molar-refractivity contribution in [1.29, 1.82) is 0 Å². The van der Waals surface area contributed by atoms with Crippen LogP contribution in [0.3, 0.4) is 0 Å². The molecular formula is C15H21N5O4S2. The van der Waals surface area contributed by atoms with Crippen LogP contribution in [0, 0.1) is 6.92 Å². The van der Waals surface area contributed by atoms with E-state index in [2.05, 4.69) is 20.2 Å². The summed E-state index contributed by atoms with van der Waals surface area (Å²) >= 11 is 1.13. The summed E-state index contributed by atoms with van der Waals surface area (Å²) in [5.74, 6) is -0.291. The van der Waals surface area contributed by atoms with Gasteiger partial charge in [-0.3, -0.25) is 9.36 Å². The van der Waals surface area contributed by atoms with Crippen molar-refractivity contribution < 1.29 is 13.2 Å². The normalized spacial score (nSPS) is 11.5. The van der Waals surface area contributed by atoms with E-state index < -0.39 is 10.0 Å². The van der Waals surface area contributed by atoms with Gasteiger partial charge < -0.3 is 5.32 Å². The van der Waals surface area contributed by atoms with Crippen molar-refractivity contribution in [2.75, 3.05) is 18.1 Å². The Balaban J connectivity index is 2.07. The first-order valence-corrected chi connectivity index (χ1v) is 10.4. The average Bonchev–Trinajstić information content (AvgIpc) is 2.95. The quantitative estimate of drug-likeness (QED) is 0.567. The molecule has 3 N–H and O–H groups in total. The number of nitrogens with zero attached hydrogens (tertiary/aromatic N) is 2. The molecule has 1 heterocycles. The third-order valence-corrected chi connectivity index (χ3v) is 6.07. The van der Waals surface area contributed by atoms with Crippen LogP contribution in [0.4, 0.5) is 5.69 Å². The predicted molar refractivity (Wildman–Crippen MR) is 99.9 cm³/mol. The van der Waals surface area contributed by atoms with Crippen LogP contribution < -0.4 is 15.7 Å². The van der Waals surface area contributed by atoms with E-state index in [1.165, 1.54) is 17.7 Å². The van der Waals surface area contributed by atoms with Gasteiger partial charge in [-0.15, -0.1) is 5.10 Å². The number of amides is 1. The van der Waals surface area contributed by atoms with Crippen LogP contribution in [0.5, 0.6) is 0 Å². The third-order valence-electron chi connectivity index (χ3n) is 3.53. The molecule has 0 radical (unpaired) electrons. The number of benzene rings is 1. The van der Waals surface area contributed by atoms with Crippen molar-refractivity contribution in [1.82, 2.24) is 19.5 Å². The number of aromatic nitrogens is 3. The third kappa shape index (κ3) is 4.74. The number of thioether (sulfide) groups is 1. The number of H-pyrrole nitrogens is 1. The molecule has 0 aliphatic carbocycles. The topological polar surface area (TPSA) is 126 Å². The van der Waals surface area contributed by atoms with Gasteiger partial charge in [-0.05, 0) is 38.1 Å². The minimum Gasteiger partial charge on any atom is -0.325 e. The van der Waals surface area contributed by atoms with Gasteiger partial charge >= 0.3 is 5.69 Å². The summed E-state index contributed by atoms with van der Waals surface area (Å²) in [6.45, 7) is 4.13. The molecule has 0 atom stereocenters. The van der Waals surface area contributed by atoms with E-state index in [9.17, 15) is 18.0 Å². The molecule has 1 aromatic heterocycles. The first kappa shape index (κ1) is 20.2. The second-order valence-corrected chi connectivity index (χ2v) is 8.29. The molecule has 0 fully saturated rings. The number of hydrogen-bond donors (Lipinski definition) is 3. The summed E-state index contributed by atoms with van der Waals surface area (Å²) in [5.41, 5.74) is 0.644. The van der Waals surface area contributed by atoms with Gasteiger partial charge in [0.1, 0.15) is 0 Å². The SMILES string of the molecule is CCCn1c(SCC(=O)Nc2ccc(C)c(S(=O)(=O)NC)c2)n[nH]c1=O. The Bertz CT molecular complexity index is 949. The zero-order chi connectivity index (χ0) is 19.3. The number of aryl methyl sites for hydroxylation is 1. The molecule has 0 aliphatic rings. The Hall–Kier alpha value is -2.11. The summed E-state index contributed by atoms with van der Waals surface area (Å²) in [4.78, 5) is 23.9. The van der Waals surface area contributed by atoms with E-state index in [-0.39, 0.29) is 22.2 Å². The molecule has 9 nitrogen and oxygen atoms in total. The van der Waals surface area contributed by atoms with Crippen LogP contribution in [0.25, 0.3) is 0 Å². The fraction of sp³-hybridized carbons (Fsp3) is 0.400. The largest absolute Gasteiger partial charge is 0.343 e. The highest BCUT2D eigenvalue weighted by Crippen LogP contribution is 2.20. The van der Waals surface area contributed by atoms with Gasteiger partial charge in [0.05, 0.1) is 10.6 Å². The summed E-state index contributed by atoms with van der Waals surface area (Å²) < 4.78 is 27.7. The molecule has 0 saturated heterocycles. The molecule has 0 aliphatic heterocycles. The number of hydrogen-bond acceptors (Lipinski definition) is 6. The molecule has 0 saturated carbocycles. The van der Waals surface area contributed by atoms with Crippen LogP contribution in [0.1, 0.15) is 18.9 Å². The first-order chi connectivity index (χ1) is 12.3. The number of sulfonamides is 1. The second-order valence-electron chi connectivity index (χ2n) is 5.49. The average molecular weight is 399 g/mol. The van der Waals surface area contributed by atoms with Gasteiger partial charge in [-0.1, -0.05) is 24.8 Å². The minimum atomic E-state index is -3.61. The molecule has 0 bridgehead atoms. The Morgan fingerprint density at radius 3 is 2.77 bits per heavy atom. The van der Waals surface area contributed by atoms with E-state index in [1.54, 1.807) is 19.1 Å². The summed E-state index contributed by atoms with van der Waals surface area (Å²) in [7, 11) is -2.28. The molecule has 1 amide bonds. The molecule has 2 aromatic rings. The van der Waals surface area contributed by atoms with Gasteiger partial charge in [0.15, 0.2) is 5.16 Å². The number of nitrogens with one attached hydrogen (secondary N) is 3. The molecule has 0 unspecified atom stereocenters. The maximum Gasteiger partial charge on any atom is 0.343 e. The summed E-state index contributed by atoms with van der Waals surface area (Å²) in [6.07, 6.45) is 0.769. The number of aromatic amines is 1.